The number of esters is 2. The van der Waals surface area contributed by atoms with Crippen LogP contribution in [-0.2, 0) is 23.8 Å². The molecule has 0 aromatic heterocycles. The van der Waals surface area contributed by atoms with Gasteiger partial charge >= 0.3 is 18.1 Å². The molecular formula is C8H12F3NO5. The fourth-order valence-corrected chi connectivity index (χ4v) is 1.06. The molecule has 1 saturated heterocycles. The lowest BCUT2D eigenvalue weighted by Gasteiger charge is -2.15. The van der Waals surface area contributed by atoms with Crippen molar-refractivity contribution in [3.63, 3.8) is 0 Å². The van der Waals surface area contributed by atoms with Crippen molar-refractivity contribution in [2.24, 2.45) is 0 Å². The Kier molecular flexibility index (Phi) is 4.49. The molecule has 1 atom stereocenters. The van der Waals surface area contributed by atoms with Crippen molar-refractivity contribution >= 4 is 11.9 Å². The van der Waals surface area contributed by atoms with E-state index < -0.39 is 36.6 Å². The fraction of sp³-hybridized carbons (Fsp3) is 0.750. The third-order valence-corrected chi connectivity index (χ3v) is 1.63. The lowest BCUT2D eigenvalue weighted by atomic mass is 10.4. The van der Waals surface area contributed by atoms with Crippen LogP contribution in [0.4, 0.5) is 13.2 Å². The highest BCUT2D eigenvalue weighted by molar-refractivity contribution is 5.78. The topological polar surface area (TPSA) is 96.8 Å². The summed E-state index contributed by atoms with van der Waals surface area (Å²) in [6.45, 7) is 2.01. The van der Waals surface area contributed by atoms with Gasteiger partial charge in [-0.2, -0.15) is 13.2 Å². The molecule has 0 saturated carbocycles. The Morgan fingerprint density at radius 2 is 2.00 bits per heavy atom. The normalized spacial score (nSPS) is 22.6. The van der Waals surface area contributed by atoms with E-state index in [1.165, 1.54) is 13.8 Å². The molecule has 1 aliphatic rings. The number of halogens is 3. The van der Waals surface area contributed by atoms with Crippen molar-refractivity contribution in [2.45, 2.75) is 31.9 Å². The third-order valence-electron chi connectivity index (χ3n) is 1.63. The predicted molar refractivity (Wildman–Crippen MR) is 47.1 cm³/mol. The molecular weight excluding hydrogens is 247 g/mol. The van der Waals surface area contributed by atoms with Crippen LogP contribution < -0.4 is 6.15 Å². The molecule has 1 fully saturated rings. The first-order valence-electron chi connectivity index (χ1n) is 4.26. The summed E-state index contributed by atoms with van der Waals surface area (Å²) in [5, 5.41) is 0. The van der Waals surface area contributed by atoms with Gasteiger partial charge in [-0.15, -0.1) is 0 Å². The predicted octanol–water partition coefficient (Wildman–Crippen LogP) is 0.932. The van der Waals surface area contributed by atoms with Crippen LogP contribution >= 0.6 is 0 Å². The Morgan fingerprint density at radius 1 is 1.47 bits per heavy atom. The quantitative estimate of drug-likeness (QED) is 0.741. The molecule has 0 aromatic carbocycles. The molecule has 0 spiro atoms. The maximum Gasteiger partial charge on any atom is 0.490 e. The van der Waals surface area contributed by atoms with Gasteiger partial charge in [-0.25, -0.2) is 9.59 Å². The number of cyclic esters (lactones) is 1. The average molecular weight is 259 g/mol. The Hall–Kier alpha value is -1.35. The zero-order valence-corrected chi connectivity index (χ0v) is 9.17. The van der Waals surface area contributed by atoms with Crippen molar-refractivity contribution in [3.8, 4) is 0 Å². The summed E-state index contributed by atoms with van der Waals surface area (Å²) in [7, 11) is 0. The molecule has 17 heavy (non-hydrogen) atoms. The van der Waals surface area contributed by atoms with E-state index in [1.54, 1.807) is 0 Å². The first-order valence-corrected chi connectivity index (χ1v) is 4.26. The monoisotopic (exact) mass is 259 g/mol. The van der Waals surface area contributed by atoms with E-state index in [2.05, 4.69) is 9.47 Å². The maximum atomic E-state index is 11.7. The number of ether oxygens (including phenoxy) is 3. The molecule has 1 rings (SSSR count). The van der Waals surface area contributed by atoms with E-state index in [-0.39, 0.29) is 6.15 Å². The van der Waals surface area contributed by atoms with Gasteiger partial charge in [0.15, 0.2) is 6.10 Å². The summed E-state index contributed by atoms with van der Waals surface area (Å²) >= 11 is 0. The molecule has 0 bridgehead atoms. The number of rotatable bonds is 2. The number of hydrogen-bond donors (Lipinski definition) is 1. The van der Waals surface area contributed by atoms with Gasteiger partial charge in [0, 0.05) is 13.8 Å². The molecule has 0 aliphatic carbocycles. The van der Waals surface area contributed by atoms with Crippen LogP contribution in [0.15, 0.2) is 0 Å². The number of carbonyl (C=O) groups excluding carboxylic acids is 2. The van der Waals surface area contributed by atoms with Gasteiger partial charge in [0.25, 0.3) is 0 Å². The lowest BCUT2D eigenvalue weighted by Crippen LogP contribution is -2.31. The van der Waals surface area contributed by atoms with Gasteiger partial charge in [-0.3, -0.25) is 0 Å². The summed E-state index contributed by atoms with van der Waals surface area (Å²) in [6, 6.07) is 0. The van der Waals surface area contributed by atoms with Crippen LogP contribution in [0.2, 0.25) is 0 Å². The van der Waals surface area contributed by atoms with Gasteiger partial charge < -0.3 is 20.4 Å². The molecule has 9 heteroatoms. The van der Waals surface area contributed by atoms with Crippen molar-refractivity contribution in [3.05, 3.63) is 0 Å². The maximum absolute atomic E-state index is 11.7. The van der Waals surface area contributed by atoms with E-state index in [4.69, 9.17) is 4.74 Å². The van der Waals surface area contributed by atoms with Crippen LogP contribution in [0, 0.1) is 0 Å². The smallest absolute Gasteiger partial charge is 0.456 e. The summed E-state index contributed by atoms with van der Waals surface area (Å²) < 4.78 is 48.6. The highest BCUT2D eigenvalue weighted by Crippen LogP contribution is 2.24. The fourth-order valence-electron chi connectivity index (χ4n) is 1.06. The van der Waals surface area contributed by atoms with Crippen LogP contribution in [0.5, 0.6) is 0 Å². The molecule has 1 heterocycles. The van der Waals surface area contributed by atoms with Crippen molar-refractivity contribution < 1.29 is 37.0 Å². The zero-order chi connectivity index (χ0) is 12.6. The number of alkyl halides is 3. The van der Waals surface area contributed by atoms with Gasteiger partial charge in [0.1, 0.15) is 6.61 Å². The van der Waals surface area contributed by atoms with Crippen molar-refractivity contribution in [1.82, 2.24) is 6.15 Å². The first kappa shape index (κ1) is 15.7. The molecule has 0 amide bonds. The van der Waals surface area contributed by atoms with Gasteiger partial charge in [-0.1, -0.05) is 0 Å². The molecule has 0 aromatic rings. The van der Waals surface area contributed by atoms with E-state index in [9.17, 15) is 22.8 Å². The third kappa shape index (κ3) is 4.19. The van der Waals surface area contributed by atoms with Crippen molar-refractivity contribution in [2.75, 3.05) is 6.61 Å². The Morgan fingerprint density at radius 3 is 2.35 bits per heavy atom. The Balaban J connectivity index is 0.00000256. The summed E-state index contributed by atoms with van der Waals surface area (Å²) in [5.41, 5.74) is 0. The summed E-state index contributed by atoms with van der Waals surface area (Å²) in [5.74, 6) is -4.44. The van der Waals surface area contributed by atoms with Crippen LogP contribution in [0.25, 0.3) is 0 Å². The second-order valence-electron chi connectivity index (χ2n) is 3.52. The molecule has 1 aliphatic heterocycles. The molecule has 3 N–H and O–H groups in total. The Bertz CT molecular complexity index is 315. The van der Waals surface area contributed by atoms with Crippen LogP contribution in [-0.4, -0.2) is 36.6 Å². The SMILES string of the molecule is CC1(C)OC(=O)[C@H](COC(=O)C(F)(F)F)O1.N. The number of hydrogen-bond acceptors (Lipinski definition) is 6. The second kappa shape index (κ2) is 4.88. The van der Waals surface area contributed by atoms with Crippen LogP contribution in [0.1, 0.15) is 13.8 Å². The minimum absolute atomic E-state index is 0. The van der Waals surface area contributed by atoms with Gasteiger partial charge in [0.2, 0.25) is 5.79 Å². The standard InChI is InChI=1S/C8H9F3O5.H3N/c1-7(2)15-4(5(12)16-7)3-14-6(13)8(9,10)11;/h4H,3H2,1-2H3;1H3/t4-;/m0./s1. The minimum atomic E-state index is -5.09. The largest absolute Gasteiger partial charge is 0.490 e. The molecule has 6 nitrogen and oxygen atoms in total. The minimum Gasteiger partial charge on any atom is -0.456 e. The molecule has 0 radical (unpaired) electrons. The lowest BCUT2D eigenvalue weighted by molar-refractivity contribution is -0.204. The highest BCUT2D eigenvalue weighted by atomic mass is 19.4. The molecule has 0 unspecified atom stereocenters. The summed E-state index contributed by atoms with van der Waals surface area (Å²) in [4.78, 5) is 21.4. The molecule has 100 valence electrons. The van der Waals surface area contributed by atoms with E-state index in [0.717, 1.165) is 0 Å². The highest BCUT2D eigenvalue weighted by Gasteiger charge is 2.45. The van der Waals surface area contributed by atoms with E-state index >= 15 is 0 Å². The average Bonchev–Trinajstić information content (AvgIpc) is 2.33. The first-order chi connectivity index (χ1) is 7.12. The Labute approximate surface area is 94.6 Å². The number of carbonyl (C=O) groups is 2. The van der Waals surface area contributed by atoms with Crippen LogP contribution in [0.3, 0.4) is 0 Å². The van der Waals surface area contributed by atoms with Gasteiger partial charge in [-0.05, 0) is 0 Å². The zero-order valence-electron chi connectivity index (χ0n) is 9.17. The van der Waals surface area contributed by atoms with E-state index in [1.807, 2.05) is 0 Å². The van der Waals surface area contributed by atoms with Crippen molar-refractivity contribution in [1.29, 1.82) is 0 Å². The second-order valence-corrected chi connectivity index (χ2v) is 3.52. The summed E-state index contributed by atoms with van der Waals surface area (Å²) in [6.07, 6.45) is -6.40. The van der Waals surface area contributed by atoms with E-state index in [0.29, 0.717) is 0 Å². The van der Waals surface area contributed by atoms with Gasteiger partial charge in [0.05, 0.1) is 0 Å².